The fourth-order valence-corrected chi connectivity index (χ4v) is 4.44. The Morgan fingerprint density at radius 1 is 1.44 bits per heavy atom. The van der Waals surface area contributed by atoms with Crippen molar-refractivity contribution < 1.29 is 27.4 Å². The van der Waals surface area contributed by atoms with Gasteiger partial charge in [-0.2, -0.15) is 17.4 Å². The van der Waals surface area contributed by atoms with E-state index in [0.29, 0.717) is 0 Å². The number of hydrogen-bond donors (Lipinski definition) is 2. The van der Waals surface area contributed by atoms with Crippen molar-refractivity contribution in [3.8, 4) is 0 Å². The number of morpholine rings is 1. The average molecular weight is 395 g/mol. The lowest BCUT2D eigenvalue weighted by Crippen LogP contribution is -2.55. The normalized spacial score (nSPS) is 23.4. The summed E-state index contributed by atoms with van der Waals surface area (Å²) >= 11 is 5.90. The third kappa shape index (κ3) is 5.11. The van der Waals surface area contributed by atoms with Gasteiger partial charge in [0.05, 0.1) is 12.2 Å². The molecule has 0 aliphatic carbocycles. The van der Waals surface area contributed by atoms with E-state index in [1.807, 2.05) is 0 Å². The number of nitrogens with zero attached hydrogens (tertiary/aromatic N) is 1. The van der Waals surface area contributed by atoms with Crippen molar-refractivity contribution >= 4 is 27.8 Å². The standard InChI is InChI=1S/C15H20ClFN2O5S/c1-9-7-19(8-10(2)24-9)25(22,23)18-14(15(20)21)6-11-12(16)4-3-5-13(11)17/h3-5,9-10,14,18H,6-8H2,1-2H3,(H,20,21). The highest BCUT2D eigenvalue weighted by Crippen LogP contribution is 2.21. The molecule has 1 heterocycles. The summed E-state index contributed by atoms with van der Waals surface area (Å²) in [5.74, 6) is -2.11. The Morgan fingerprint density at radius 2 is 2.04 bits per heavy atom. The van der Waals surface area contributed by atoms with Crippen LogP contribution in [0.5, 0.6) is 0 Å². The Bertz CT molecular complexity index is 715. The molecule has 1 saturated heterocycles. The number of aliphatic carboxylic acids is 1. The van der Waals surface area contributed by atoms with Crippen LogP contribution >= 0.6 is 11.6 Å². The van der Waals surface area contributed by atoms with Crippen LogP contribution in [0.25, 0.3) is 0 Å². The first kappa shape index (κ1) is 20.1. The van der Waals surface area contributed by atoms with Crippen molar-refractivity contribution in [3.05, 3.63) is 34.6 Å². The van der Waals surface area contributed by atoms with Crippen LogP contribution in [0.2, 0.25) is 5.02 Å². The van der Waals surface area contributed by atoms with E-state index in [0.717, 1.165) is 10.4 Å². The van der Waals surface area contributed by atoms with Gasteiger partial charge in [-0.15, -0.1) is 0 Å². The summed E-state index contributed by atoms with van der Waals surface area (Å²) in [5.41, 5.74) is -0.0528. The van der Waals surface area contributed by atoms with E-state index in [4.69, 9.17) is 16.3 Å². The smallest absolute Gasteiger partial charge is 0.322 e. The molecular weight excluding hydrogens is 375 g/mol. The number of carboxylic acid groups (broad SMARTS) is 1. The summed E-state index contributed by atoms with van der Waals surface area (Å²) in [4.78, 5) is 11.5. The lowest BCUT2D eigenvalue weighted by Gasteiger charge is -2.34. The molecule has 1 fully saturated rings. The molecule has 7 nitrogen and oxygen atoms in total. The fraction of sp³-hybridized carbons (Fsp3) is 0.533. The largest absolute Gasteiger partial charge is 0.480 e. The predicted molar refractivity (Wildman–Crippen MR) is 90.2 cm³/mol. The molecule has 140 valence electrons. The topological polar surface area (TPSA) is 95.9 Å². The number of halogens is 2. The minimum Gasteiger partial charge on any atom is -0.480 e. The Balaban J connectivity index is 2.19. The third-order valence-corrected chi connectivity index (χ3v) is 5.70. The van der Waals surface area contributed by atoms with Crippen LogP contribution in [0.4, 0.5) is 4.39 Å². The van der Waals surface area contributed by atoms with E-state index in [2.05, 4.69) is 4.72 Å². The average Bonchev–Trinajstić information content (AvgIpc) is 2.48. The lowest BCUT2D eigenvalue weighted by atomic mass is 10.1. The van der Waals surface area contributed by atoms with Gasteiger partial charge in [0, 0.05) is 30.1 Å². The summed E-state index contributed by atoms with van der Waals surface area (Å²) in [5, 5.41) is 9.39. The summed E-state index contributed by atoms with van der Waals surface area (Å²) in [6.45, 7) is 3.66. The molecule has 0 bridgehead atoms. The van der Waals surface area contributed by atoms with Gasteiger partial charge in [-0.3, -0.25) is 4.79 Å². The van der Waals surface area contributed by atoms with Gasteiger partial charge in [0.1, 0.15) is 11.9 Å². The number of ether oxygens (including phenoxy) is 1. The highest BCUT2D eigenvalue weighted by Gasteiger charge is 2.34. The minimum absolute atomic E-state index is 0.0408. The lowest BCUT2D eigenvalue weighted by molar-refractivity contribution is -0.139. The van der Waals surface area contributed by atoms with Crippen LogP contribution in [-0.4, -0.2) is 55.1 Å². The first-order chi connectivity index (χ1) is 11.6. The van der Waals surface area contributed by atoms with E-state index >= 15 is 0 Å². The predicted octanol–water partition coefficient (Wildman–Crippen LogP) is 1.42. The summed E-state index contributed by atoms with van der Waals surface area (Å²) in [7, 11) is -4.08. The molecule has 2 N–H and O–H groups in total. The molecule has 3 unspecified atom stereocenters. The van der Waals surface area contributed by atoms with Crippen molar-refractivity contribution in [2.45, 2.75) is 38.5 Å². The Morgan fingerprint density at radius 3 is 2.56 bits per heavy atom. The molecule has 0 saturated carbocycles. The second-order valence-corrected chi connectivity index (χ2v) is 8.10. The molecule has 3 atom stereocenters. The highest BCUT2D eigenvalue weighted by molar-refractivity contribution is 7.87. The third-order valence-electron chi connectivity index (χ3n) is 3.79. The van der Waals surface area contributed by atoms with Crippen LogP contribution in [0.15, 0.2) is 18.2 Å². The van der Waals surface area contributed by atoms with E-state index < -0.39 is 34.5 Å². The summed E-state index contributed by atoms with van der Waals surface area (Å²) in [6, 6.07) is 2.39. The van der Waals surface area contributed by atoms with E-state index in [1.54, 1.807) is 13.8 Å². The van der Waals surface area contributed by atoms with Crippen LogP contribution in [-0.2, 0) is 26.2 Å². The molecule has 0 amide bonds. The maximum absolute atomic E-state index is 13.9. The van der Waals surface area contributed by atoms with Gasteiger partial charge in [-0.25, -0.2) is 4.39 Å². The van der Waals surface area contributed by atoms with Crippen LogP contribution in [0, 0.1) is 5.82 Å². The Kier molecular flexibility index (Phi) is 6.39. The molecule has 0 radical (unpaired) electrons. The zero-order valence-corrected chi connectivity index (χ0v) is 15.3. The minimum atomic E-state index is -4.08. The van der Waals surface area contributed by atoms with Gasteiger partial charge >= 0.3 is 5.97 Å². The number of carbonyl (C=O) groups is 1. The molecule has 25 heavy (non-hydrogen) atoms. The van der Waals surface area contributed by atoms with Crippen LogP contribution in [0.3, 0.4) is 0 Å². The van der Waals surface area contributed by atoms with Crippen molar-refractivity contribution in [3.63, 3.8) is 0 Å². The quantitative estimate of drug-likeness (QED) is 0.760. The Hall–Kier alpha value is -1.26. The van der Waals surface area contributed by atoms with Gasteiger partial charge in [0.2, 0.25) is 0 Å². The van der Waals surface area contributed by atoms with Crippen LogP contribution < -0.4 is 4.72 Å². The number of benzene rings is 1. The number of rotatable bonds is 6. The van der Waals surface area contributed by atoms with Crippen molar-refractivity contribution in [2.75, 3.05) is 13.1 Å². The van der Waals surface area contributed by atoms with Crippen LogP contribution in [0.1, 0.15) is 19.4 Å². The zero-order valence-electron chi connectivity index (χ0n) is 13.8. The zero-order chi connectivity index (χ0) is 18.8. The molecule has 1 aliphatic heterocycles. The molecule has 0 spiro atoms. The van der Waals surface area contributed by atoms with Gasteiger partial charge < -0.3 is 9.84 Å². The second-order valence-electron chi connectivity index (χ2n) is 5.99. The molecule has 2 rings (SSSR count). The summed E-state index contributed by atoms with van der Waals surface area (Å²) in [6.07, 6.45) is -1.04. The molecular formula is C15H20ClFN2O5S. The van der Waals surface area contributed by atoms with E-state index in [1.165, 1.54) is 12.1 Å². The number of carboxylic acids is 1. The highest BCUT2D eigenvalue weighted by atomic mass is 35.5. The second kappa shape index (κ2) is 7.96. The molecule has 0 aromatic heterocycles. The van der Waals surface area contributed by atoms with Crippen molar-refractivity contribution in [1.82, 2.24) is 9.03 Å². The Labute approximate surface area is 150 Å². The first-order valence-corrected chi connectivity index (χ1v) is 9.50. The fourth-order valence-electron chi connectivity index (χ4n) is 2.69. The van der Waals surface area contributed by atoms with Gasteiger partial charge in [-0.05, 0) is 26.0 Å². The van der Waals surface area contributed by atoms with Gasteiger partial charge in [0.15, 0.2) is 0 Å². The van der Waals surface area contributed by atoms with E-state index in [-0.39, 0.29) is 35.9 Å². The maximum atomic E-state index is 13.9. The molecule has 1 aliphatic rings. The summed E-state index contributed by atoms with van der Waals surface area (Å²) < 4.78 is 47.7. The molecule has 10 heteroatoms. The maximum Gasteiger partial charge on any atom is 0.322 e. The number of hydrogen-bond acceptors (Lipinski definition) is 4. The van der Waals surface area contributed by atoms with Gasteiger partial charge in [0.25, 0.3) is 10.2 Å². The molecule has 1 aromatic carbocycles. The van der Waals surface area contributed by atoms with Gasteiger partial charge in [-0.1, -0.05) is 17.7 Å². The molecule has 1 aromatic rings. The van der Waals surface area contributed by atoms with E-state index in [9.17, 15) is 22.7 Å². The number of nitrogens with one attached hydrogen (secondary N) is 1. The SMILES string of the molecule is CC1CN(S(=O)(=O)NC(Cc2c(F)cccc2Cl)C(=O)O)CC(C)O1. The monoisotopic (exact) mass is 394 g/mol. The van der Waals surface area contributed by atoms with Crippen molar-refractivity contribution in [1.29, 1.82) is 0 Å². The van der Waals surface area contributed by atoms with Crippen molar-refractivity contribution in [2.24, 2.45) is 0 Å². The first-order valence-electron chi connectivity index (χ1n) is 7.68.